The summed E-state index contributed by atoms with van der Waals surface area (Å²) in [5, 5.41) is 14.7. The number of thioether (sulfide) groups is 1. The molecule has 0 amide bonds. The van der Waals surface area contributed by atoms with Crippen molar-refractivity contribution in [3.05, 3.63) is 59.3 Å². The Morgan fingerprint density at radius 3 is 2.96 bits per heavy atom. The number of anilines is 1. The first kappa shape index (κ1) is 14.4. The highest BCUT2D eigenvalue weighted by Crippen LogP contribution is 2.39. The number of phenolic OH excluding ortho intramolecular Hbond substituents is 1. The number of benzene rings is 2. The largest absolute Gasteiger partial charge is 0.508 e. The van der Waals surface area contributed by atoms with Crippen LogP contribution >= 0.6 is 11.8 Å². The number of hydrogen-bond acceptors (Lipinski definition) is 4. The SMILES string of the molecule is Cc1cnc2ccc3c(c2c1NCc1ccccc1O)CCS3. The summed E-state index contributed by atoms with van der Waals surface area (Å²) >= 11 is 1.92. The maximum atomic E-state index is 9.97. The van der Waals surface area contributed by atoms with Crippen LogP contribution in [0.2, 0.25) is 0 Å². The van der Waals surface area contributed by atoms with Crippen molar-refractivity contribution in [2.45, 2.75) is 24.8 Å². The lowest BCUT2D eigenvalue weighted by molar-refractivity contribution is 0.469. The maximum Gasteiger partial charge on any atom is 0.120 e. The number of para-hydroxylation sites is 1. The second-order valence-corrected chi connectivity index (χ2v) is 6.97. The zero-order chi connectivity index (χ0) is 15.8. The number of aromatic nitrogens is 1. The molecular weight excluding hydrogens is 304 g/mol. The standard InChI is InChI=1S/C19H18N2OS/c1-12-10-20-15-6-7-17-14(8-9-23-17)18(15)19(12)21-11-13-4-2-3-5-16(13)22/h2-7,10,22H,8-9,11H2,1H3,(H,20,21). The highest BCUT2D eigenvalue weighted by molar-refractivity contribution is 7.99. The number of hydrogen-bond donors (Lipinski definition) is 2. The van der Waals surface area contributed by atoms with Crippen molar-refractivity contribution >= 4 is 28.4 Å². The predicted molar refractivity (Wildman–Crippen MR) is 96.3 cm³/mol. The van der Waals surface area contributed by atoms with Gasteiger partial charge in [0.2, 0.25) is 0 Å². The number of fused-ring (bicyclic) bond motifs is 3. The van der Waals surface area contributed by atoms with Gasteiger partial charge in [0.15, 0.2) is 0 Å². The van der Waals surface area contributed by atoms with Crippen molar-refractivity contribution in [3.8, 4) is 5.75 Å². The van der Waals surface area contributed by atoms with Gasteiger partial charge in [0.25, 0.3) is 0 Å². The first-order valence-corrected chi connectivity index (χ1v) is 8.77. The first-order valence-electron chi connectivity index (χ1n) is 7.79. The van der Waals surface area contributed by atoms with E-state index < -0.39 is 0 Å². The Morgan fingerprint density at radius 1 is 1.22 bits per heavy atom. The topological polar surface area (TPSA) is 45.2 Å². The molecule has 0 radical (unpaired) electrons. The summed E-state index contributed by atoms with van der Waals surface area (Å²) in [5.41, 5.74) is 5.62. The lowest BCUT2D eigenvalue weighted by Crippen LogP contribution is -2.04. The summed E-state index contributed by atoms with van der Waals surface area (Å²) < 4.78 is 0. The summed E-state index contributed by atoms with van der Waals surface area (Å²) in [6.45, 7) is 2.69. The quantitative estimate of drug-likeness (QED) is 0.745. The molecule has 0 unspecified atom stereocenters. The molecule has 0 bridgehead atoms. The van der Waals surface area contributed by atoms with Gasteiger partial charge in [-0.1, -0.05) is 18.2 Å². The van der Waals surface area contributed by atoms with Gasteiger partial charge in [0.1, 0.15) is 5.75 Å². The van der Waals surface area contributed by atoms with Crippen LogP contribution in [0.1, 0.15) is 16.7 Å². The van der Waals surface area contributed by atoms with Crippen molar-refractivity contribution < 1.29 is 5.11 Å². The minimum absolute atomic E-state index is 0.330. The van der Waals surface area contributed by atoms with Crippen LogP contribution in [0.5, 0.6) is 5.75 Å². The molecule has 23 heavy (non-hydrogen) atoms. The number of nitrogens with zero attached hydrogens (tertiary/aromatic N) is 1. The summed E-state index contributed by atoms with van der Waals surface area (Å²) in [7, 11) is 0. The van der Waals surface area contributed by atoms with Crippen molar-refractivity contribution in [1.29, 1.82) is 0 Å². The second kappa shape index (κ2) is 5.78. The van der Waals surface area contributed by atoms with E-state index in [0.717, 1.165) is 34.5 Å². The molecule has 1 aliphatic heterocycles. The van der Waals surface area contributed by atoms with E-state index in [2.05, 4.69) is 29.4 Å². The normalized spacial score (nSPS) is 13.3. The van der Waals surface area contributed by atoms with Crippen LogP contribution in [-0.2, 0) is 13.0 Å². The van der Waals surface area contributed by atoms with Crippen LogP contribution < -0.4 is 5.32 Å². The number of aromatic hydroxyl groups is 1. The van der Waals surface area contributed by atoms with Crippen molar-refractivity contribution in [3.63, 3.8) is 0 Å². The first-order chi connectivity index (χ1) is 11.2. The van der Waals surface area contributed by atoms with Crippen LogP contribution in [0.3, 0.4) is 0 Å². The molecule has 0 fully saturated rings. The van der Waals surface area contributed by atoms with Gasteiger partial charge >= 0.3 is 0 Å². The van der Waals surface area contributed by atoms with Crippen molar-refractivity contribution in [1.82, 2.24) is 4.98 Å². The van der Waals surface area contributed by atoms with E-state index in [4.69, 9.17) is 0 Å². The van der Waals surface area contributed by atoms with E-state index in [1.165, 1.54) is 15.8 Å². The maximum absolute atomic E-state index is 9.97. The van der Waals surface area contributed by atoms with E-state index in [-0.39, 0.29) is 0 Å². The molecular formula is C19H18N2OS. The summed E-state index contributed by atoms with van der Waals surface area (Å²) in [6, 6.07) is 11.8. The summed E-state index contributed by atoms with van der Waals surface area (Å²) in [4.78, 5) is 5.96. The Bertz CT molecular complexity index is 892. The Labute approximate surface area is 139 Å². The monoisotopic (exact) mass is 322 g/mol. The molecule has 1 aromatic heterocycles. The van der Waals surface area contributed by atoms with Gasteiger partial charge in [-0.05, 0) is 42.7 Å². The van der Waals surface area contributed by atoms with Crippen molar-refractivity contribution in [2.24, 2.45) is 0 Å². The molecule has 0 atom stereocenters. The van der Waals surface area contributed by atoms with Gasteiger partial charge in [0.05, 0.1) is 5.52 Å². The lowest BCUT2D eigenvalue weighted by atomic mass is 10.0. The number of nitrogens with one attached hydrogen (secondary N) is 1. The fourth-order valence-corrected chi connectivity index (χ4v) is 4.22. The van der Waals surface area contributed by atoms with E-state index in [0.29, 0.717) is 12.3 Å². The van der Waals surface area contributed by atoms with E-state index in [1.807, 2.05) is 36.2 Å². The van der Waals surface area contributed by atoms with Gasteiger partial charge in [-0.3, -0.25) is 4.98 Å². The zero-order valence-electron chi connectivity index (χ0n) is 13.0. The third kappa shape index (κ3) is 2.53. The molecule has 4 heteroatoms. The average molecular weight is 322 g/mol. The lowest BCUT2D eigenvalue weighted by Gasteiger charge is -2.15. The molecule has 0 saturated carbocycles. The van der Waals surface area contributed by atoms with E-state index in [9.17, 15) is 5.11 Å². The Hall–Kier alpha value is -2.20. The molecule has 116 valence electrons. The number of rotatable bonds is 3. The minimum Gasteiger partial charge on any atom is -0.508 e. The molecule has 0 aliphatic carbocycles. The van der Waals surface area contributed by atoms with E-state index in [1.54, 1.807) is 6.07 Å². The highest BCUT2D eigenvalue weighted by atomic mass is 32.2. The van der Waals surface area contributed by atoms with Gasteiger partial charge in [0, 0.05) is 40.0 Å². The third-order valence-corrected chi connectivity index (χ3v) is 5.45. The molecule has 2 aromatic carbocycles. The zero-order valence-corrected chi connectivity index (χ0v) is 13.8. The van der Waals surface area contributed by atoms with Crippen LogP contribution in [0.15, 0.2) is 47.5 Å². The number of aryl methyl sites for hydroxylation is 2. The molecule has 4 rings (SSSR count). The molecule has 1 aliphatic rings. The van der Waals surface area contributed by atoms with E-state index >= 15 is 0 Å². The average Bonchev–Trinajstić information content (AvgIpc) is 3.04. The minimum atomic E-state index is 0.330. The fourth-order valence-electron chi connectivity index (χ4n) is 3.15. The number of phenols is 1. The summed E-state index contributed by atoms with van der Waals surface area (Å²) in [6.07, 6.45) is 3.01. The molecule has 2 N–H and O–H groups in total. The van der Waals surface area contributed by atoms with Gasteiger partial charge in [-0.2, -0.15) is 0 Å². The Kier molecular flexibility index (Phi) is 3.62. The third-order valence-electron chi connectivity index (χ3n) is 4.35. The predicted octanol–water partition coefficient (Wildman–Crippen LogP) is 4.51. The molecule has 0 saturated heterocycles. The van der Waals surface area contributed by atoms with Crippen LogP contribution in [0, 0.1) is 6.92 Å². The smallest absolute Gasteiger partial charge is 0.120 e. The van der Waals surface area contributed by atoms with Crippen LogP contribution in [-0.4, -0.2) is 15.8 Å². The number of pyridine rings is 1. The van der Waals surface area contributed by atoms with Gasteiger partial charge in [-0.15, -0.1) is 11.8 Å². The highest BCUT2D eigenvalue weighted by Gasteiger charge is 2.18. The molecule has 0 spiro atoms. The van der Waals surface area contributed by atoms with Crippen LogP contribution in [0.25, 0.3) is 10.9 Å². The molecule has 3 nitrogen and oxygen atoms in total. The second-order valence-electron chi connectivity index (χ2n) is 5.83. The van der Waals surface area contributed by atoms with Gasteiger partial charge in [-0.25, -0.2) is 0 Å². The molecule has 3 aromatic rings. The molecule has 2 heterocycles. The Balaban J connectivity index is 1.78. The van der Waals surface area contributed by atoms with Gasteiger partial charge < -0.3 is 10.4 Å². The van der Waals surface area contributed by atoms with Crippen molar-refractivity contribution in [2.75, 3.05) is 11.1 Å². The Morgan fingerprint density at radius 2 is 2.09 bits per heavy atom. The fraction of sp³-hybridized carbons (Fsp3) is 0.211. The van der Waals surface area contributed by atoms with Crippen LogP contribution in [0.4, 0.5) is 5.69 Å². The summed E-state index contributed by atoms with van der Waals surface area (Å²) in [5.74, 6) is 1.47.